The normalized spacial score (nSPS) is 10.7. The zero-order valence-electron chi connectivity index (χ0n) is 12.1. The van der Waals surface area contributed by atoms with Crippen molar-refractivity contribution in [2.24, 2.45) is 0 Å². The van der Waals surface area contributed by atoms with E-state index in [0.717, 1.165) is 5.39 Å². The van der Waals surface area contributed by atoms with Crippen LogP contribution in [0.1, 0.15) is 16.1 Å². The van der Waals surface area contributed by atoms with Crippen LogP contribution in [0.4, 0.5) is 4.39 Å². The molecule has 0 radical (unpaired) electrons. The van der Waals surface area contributed by atoms with E-state index in [-0.39, 0.29) is 17.7 Å². The smallest absolute Gasteiger partial charge is 0.310 e. The molecule has 0 saturated carbocycles. The number of esters is 1. The van der Waals surface area contributed by atoms with E-state index in [1.54, 1.807) is 24.3 Å². The largest absolute Gasteiger partial charge is 0.457 e. The number of ether oxygens (including phenoxy) is 1. The van der Waals surface area contributed by atoms with E-state index < -0.39 is 24.2 Å². The number of ketones is 1. The van der Waals surface area contributed by atoms with Crippen LogP contribution in [0.2, 0.25) is 0 Å². The molecule has 0 atom stereocenters. The first-order valence-corrected chi connectivity index (χ1v) is 7.04. The van der Waals surface area contributed by atoms with Crippen LogP contribution in [0.25, 0.3) is 11.0 Å². The molecule has 0 aliphatic carbocycles. The summed E-state index contributed by atoms with van der Waals surface area (Å²) in [6.07, 6.45) is -0.222. The van der Waals surface area contributed by atoms with E-state index in [4.69, 9.17) is 9.15 Å². The number of halogens is 1. The molecular formula is C18H13FO4. The molecule has 116 valence electrons. The molecule has 3 rings (SSSR count). The van der Waals surface area contributed by atoms with Gasteiger partial charge in [-0.15, -0.1) is 0 Å². The lowest BCUT2D eigenvalue weighted by atomic mass is 10.1. The van der Waals surface area contributed by atoms with Crippen molar-refractivity contribution >= 4 is 22.7 Å². The molecule has 0 bridgehead atoms. The number of fused-ring (bicyclic) bond motifs is 1. The molecule has 0 unspecified atom stereocenters. The summed E-state index contributed by atoms with van der Waals surface area (Å²) in [5.74, 6) is -1.46. The number of Topliss-reactive ketones (excluding diaryl/α,β-unsaturated/α-hetero) is 1. The Balaban J connectivity index is 1.60. The van der Waals surface area contributed by atoms with Crippen molar-refractivity contribution in [2.45, 2.75) is 6.42 Å². The summed E-state index contributed by atoms with van der Waals surface area (Å²) in [5, 5.41) is 0.800. The number of carbonyl (C=O) groups is 2. The van der Waals surface area contributed by atoms with Gasteiger partial charge in [0, 0.05) is 5.39 Å². The molecule has 1 aromatic heterocycles. The number of carbonyl (C=O) groups excluding carboxylic acids is 2. The van der Waals surface area contributed by atoms with Crippen LogP contribution < -0.4 is 0 Å². The van der Waals surface area contributed by atoms with E-state index in [2.05, 4.69) is 0 Å². The van der Waals surface area contributed by atoms with E-state index >= 15 is 0 Å². The van der Waals surface area contributed by atoms with Gasteiger partial charge in [-0.05, 0) is 23.8 Å². The molecule has 0 fully saturated rings. The summed E-state index contributed by atoms with van der Waals surface area (Å²) in [6.45, 7) is -0.437. The summed E-state index contributed by atoms with van der Waals surface area (Å²) in [4.78, 5) is 23.7. The number of benzene rings is 2. The van der Waals surface area contributed by atoms with Gasteiger partial charge in [-0.1, -0.05) is 36.4 Å². The average molecular weight is 312 g/mol. The molecule has 0 saturated heterocycles. The van der Waals surface area contributed by atoms with Crippen molar-refractivity contribution in [3.63, 3.8) is 0 Å². The Kier molecular flexibility index (Phi) is 4.19. The minimum atomic E-state index is -0.667. The highest BCUT2D eigenvalue weighted by Crippen LogP contribution is 2.19. The van der Waals surface area contributed by atoms with Crippen molar-refractivity contribution in [3.8, 4) is 0 Å². The van der Waals surface area contributed by atoms with Crippen molar-refractivity contribution in [1.82, 2.24) is 0 Å². The second kappa shape index (κ2) is 6.44. The number of hydrogen-bond donors (Lipinski definition) is 0. The third-order valence-electron chi connectivity index (χ3n) is 3.36. The van der Waals surface area contributed by atoms with Gasteiger partial charge >= 0.3 is 5.97 Å². The van der Waals surface area contributed by atoms with Crippen molar-refractivity contribution in [1.29, 1.82) is 0 Å². The molecule has 23 heavy (non-hydrogen) atoms. The molecule has 3 aromatic rings. The quantitative estimate of drug-likeness (QED) is 0.534. The van der Waals surface area contributed by atoms with Gasteiger partial charge in [0.15, 0.2) is 12.4 Å². The highest BCUT2D eigenvalue weighted by molar-refractivity contribution is 5.99. The zero-order valence-corrected chi connectivity index (χ0v) is 12.1. The third kappa shape index (κ3) is 3.45. The first-order chi connectivity index (χ1) is 11.1. The maximum Gasteiger partial charge on any atom is 0.310 e. The van der Waals surface area contributed by atoms with E-state index in [9.17, 15) is 14.0 Å². The minimum absolute atomic E-state index is 0.130. The summed E-state index contributed by atoms with van der Waals surface area (Å²) in [7, 11) is 0. The van der Waals surface area contributed by atoms with E-state index in [1.165, 1.54) is 18.2 Å². The van der Waals surface area contributed by atoms with E-state index in [1.807, 2.05) is 12.1 Å². The second-order valence-electron chi connectivity index (χ2n) is 5.00. The molecule has 0 N–H and O–H groups in total. The van der Waals surface area contributed by atoms with Crippen LogP contribution >= 0.6 is 0 Å². The van der Waals surface area contributed by atoms with Crippen molar-refractivity contribution in [3.05, 3.63) is 71.7 Å². The van der Waals surface area contributed by atoms with Crippen LogP contribution in [0.15, 0.2) is 59.0 Å². The Morgan fingerprint density at radius 2 is 1.78 bits per heavy atom. The predicted molar refractivity (Wildman–Crippen MR) is 81.6 cm³/mol. The van der Waals surface area contributed by atoms with Gasteiger partial charge in [0.25, 0.3) is 0 Å². The summed E-state index contributed by atoms with van der Waals surface area (Å²) in [5.41, 5.74) is 0.821. The van der Waals surface area contributed by atoms with Gasteiger partial charge < -0.3 is 9.15 Å². The summed E-state index contributed by atoms with van der Waals surface area (Å²) in [6, 6.07) is 14.7. The Labute approximate surface area is 131 Å². The Morgan fingerprint density at radius 1 is 1.04 bits per heavy atom. The Bertz CT molecular complexity index is 833. The summed E-state index contributed by atoms with van der Waals surface area (Å²) >= 11 is 0. The molecule has 0 amide bonds. The Hall–Kier alpha value is -2.95. The third-order valence-corrected chi connectivity index (χ3v) is 3.36. The second-order valence-corrected chi connectivity index (χ2v) is 5.00. The monoisotopic (exact) mass is 312 g/mol. The van der Waals surface area contributed by atoms with Gasteiger partial charge in [0.05, 0.1) is 6.42 Å². The molecule has 4 nitrogen and oxygen atoms in total. The highest BCUT2D eigenvalue weighted by Gasteiger charge is 2.15. The van der Waals surface area contributed by atoms with Gasteiger partial charge in [0.1, 0.15) is 11.4 Å². The molecule has 1 heterocycles. The van der Waals surface area contributed by atoms with E-state index in [0.29, 0.717) is 5.58 Å². The lowest BCUT2D eigenvalue weighted by Crippen LogP contribution is -2.15. The number of para-hydroxylation sites is 1. The van der Waals surface area contributed by atoms with Crippen LogP contribution in [-0.4, -0.2) is 18.4 Å². The minimum Gasteiger partial charge on any atom is -0.457 e. The fourth-order valence-corrected chi connectivity index (χ4v) is 2.18. The topological polar surface area (TPSA) is 56.5 Å². The predicted octanol–water partition coefficient (Wildman–Crippen LogP) is 3.54. The molecular weight excluding hydrogens is 299 g/mol. The van der Waals surface area contributed by atoms with Crippen molar-refractivity contribution in [2.75, 3.05) is 6.61 Å². The fraction of sp³-hybridized carbons (Fsp3) is 0.111. The standard InChI is InChI=1S/C18H13FO4/c19-14-7-3-1-5-12(14)10-18(21)22-11-15(20)17-9-13-6-2-4-8-16(13)23-17/h1-9H,10-11H2. The van der Waals surface area contributed by atoms with Gasteiger partial charge in [-0.3, -0.25) is 9.59 Å². The number of hydrogen-bond acceptors (Lipinski definition) is 4. The van der Waals surface area contributed by atoms with Gasteiger partial charge in [-0.2, -0.15) is 0 Å². The molecule has 0 aliphatic rings. The van der Waals surface area contributed by atoms with Crippen LogP contribution in [-0.2, 0) is 16.0 Å². The van der Waals surface area contributed by atoms with Crippen molar-refractivity contribution < 1.29 is 23.1 Å². The van der Waals surface area contributed by atoms with Gasteiger partial charge in [0.2, 0.25) is 5.78 Å². The van der Waals surface area contributed by atoms with Crippen LogP contribution in [0.5, 0.6) is 0 Å². The fourth-order valence-electron chi connectivity index (χ4n) is 2.18. The number of furan rings is 1. The first-order valence-electron chi connectivity index (χ1n) is 7.04. The highest BCUT2D eigenvalue weighted by atomic mass is 19.1. The maximum atomic E-state index is 13.4. The average Bonchev–Trinajstić information content (AvgIpc) is 2.99. The SMILES string of the molecule is O=C(Cc1ccccc1F)OCC(=O)c1cc2ccccc2o1. The van der Waals surface area contributed by atoms with Crippen LogP contribution in [0, 0.1) is 5.82 Å². The molecule has 0 spiro atoms. The zero-order chi connectivity index (χ0) is 16.2. The molecule has 5 heteroatoms. The van der Waals surface area contributed by atoms with Crippen LogP contribution in [0.3, 0.4) is 0 Å². The van der Waals surface area contributed by atoms with Gasteiger partial charge in [-0.25, -0.2) is 4.39 Å². The Morgan fingerprint density at radius 3 is 2.57 bits per heavy atom. The summed E-state index contributed by atoms with van der Waals surface area (Å²) < 4.78 is 23.7. The lowest BCUT2D eigenvalue weighted by molar-refractivity contribution is -0.141. The number of rotatable bonds is 5. The first kappa shape index (κ1) is 15.0. The molecule has 0 aliphatic heterocycles. The maximum absolute atomic E-state index is 13.4. The molecule has 2 aromatic carbocycles. The lowest BCUT2D eigenvalue weighted by Gasteiger charge is -2.04.